The van der Waals surface area contributed by atoms with E-state index >= 15 is 0 Å². The summed E-state index contributed by atoms with van der Waals surface area (Å²) in [6, 6.07) is 13.9. The normalized spacial score (nSPS) is 11.6. The van der Waals surface area contributed by atoms with Crippen LogP contribution in [-0.2, 0) is 6.42 Å². The maximum Gasteiger partial charge on any atom is -0.00132 e. The molecule has 0 atom stereocenters. The Morgan fingerprint density at radius 2 is 0.630 bits per heavy atom. The molecule has 4 rings (SSSR count). The lowest BCUT2D eigenvalue weighted by molar-refractivity contribution is 1.21. The van der Waals surface area contributed by atoms with Crippen molar-refractivity contribution in [1.29, 1.82) is 0 Å². The second-order valence-electron chi connectivity index (χ2n) is 8.38. The van der Waals surface area contributed by atoms with Crippen molar-refractivity contribution < 1.29 is 0 Å². The Labute approximate surface area is 165 Å². The van der Waals surface area contributed by atoms with Crippen molar-refractivity contribution in [2.24, 2.45) is 0 Å². The molecule has 0 heterocycles. The summed E-state index contributed by atoms with van der Waals surface area (Å²) in [7, 11) is 0. The van der Waals surface area contributed by atoms with Crippen LogP contribution in [0.25, 0.3) is 11.1 Å². The number of fused-ring (bicyclic) bond motifs is 3. The maximum absolute atomic E-state index is 2.36. The molecule has 0 N–H and O–H groups in total. The highest BCUT2D eigenvalue weighted by Crippen LogP contribution is 2.39. The van der Waals surface area contributed by atoms with Crippen LogP contribution in [0.15, 0.2) is 36.4 Å². The van der Waals surface area contributed by atoms with Crippen LogP contribution in [0.1, 0.15) is 55.6 Å². The van der Waals surface area contributed by atoms with E-state index in [1.165, 1.54) is 66.8 Å². The van der Waals surface area contributed by atoms with Gasteiger partial charge in [0.1, 0.15) is 0 Å². The van der Waals surface area contributed by atoms with Gasteiger partial charge < -0.3 is 0 Å². The summed E-state index contributed by atoms with van der Waals surface area (Å²) in [5.41, 5.74) is 17.1. The van der Waals surface area contributed by atoms with Gasteiger partial charge in [0.2, 0.25) is 0 Å². The lowest BCUT2D eigenvalue weighted by Crippen LogP contribution is -1.86. The fourth-order valence-corrected chi connectivity index (χ4v) is 3.86. The van der Waals surface area contributed by atoms with Crippen LogP contribution >= 0.6 is 0 Å². The first-order valence-electron chi connectivity index (χ1n) is 9.92. The first-order valence-corrected chi connectivity index (χ1v) is 9.92. The van der Waals surface area contributed by atoms with Gasteiger partial charge in [0.05, 0.1) is 0 Å². The topological polar surface area (TPSA) is 0 Å². The minimum absolute atomic E-state index is 1.10. The Hall–Kier alpha value is -2.34. The zero-order valence-corrected chi connectivity index (χ0v) is 18.2. The lowest BCUT2D eigenvalue weighted by atomic mass is 9.98. The van der Waals surface area contributed by atoms with E-state index in [0.29, 0.717) is 0 Å². The van der Waals surface area contributed by atoms with Crippen molar-refractivity contribution >= 4 is 0 Å². The minimum Gasteiger partial charge on any atom is -0.0559 e. The predicted octanol–water partition coefficient (Wildman–Crippen LogP) is 7.41. The van der Waals surface area contributed by atoms with Crippen LogP contribution in [0.5, 0.6) is 0 Å². The molecule has 27 heavy (non-hydrogen) atoms. The second-order valence-corrected chi connectivity index (χ2v) is 8.38. The molecular formula is C27H32. The summed E-state index contributed by atoms with van der Waals surface area (Å²) < 4.78 is 0. The Morgan fingerprint density at radius 1 is 0.370 bits per heavy atom. The molecule has 0 radical (unpaired) electrons. The van der Waals surface area contributed by atoms with Crippen LogP contribution < -0.4 is 0 Å². The highest BCUT2D eigenvalue weighted by molar-refractivity contribution is 5.78. The molecule has 0 fully saturated rings. The Bertz CT molecular complexity index is 913. The summed E-state index contributed by atoms with van der Waals surface area (Å²) in [4.78, 5) is 0. The van der Waals surface area contributed by atoms with Gasteiger partial charge in [0.25, 0.3) is 0 Å². The van der Waals surface area contributed by atoms with Crippen molar-refractivity contribution in [2.75, 3.05) is 0 Å². The summed E-state index contributed by atoms with van der Waals surface area (Å²) in [5, 5.41) is 0. The molecule has 1 aliphatic rings. The van der Waals surface area contributed by atoms with Gasteiger partial charge in [-0.15, -0.1) is 0 Å². The van der Waals surface area contributed by atoms with Crippen molar-refractivity contribution in [1.82, 2.24) is 0 Å². The summed E-state index contributed by atoms with van der Waals surface area (Å²) in [6.07, 6.45) is 1.10. The van der Waals surface area contributed by atoms with E-state index in [4.69, 9.17) is 0 Å². The molecule has 0 bridgehead atoms. The van der Waals surface area contributed by atoms with E-state index in [1.807, 2.05) is 0 Å². The highest BCUT2D eigenvalue weighted by atomic mass is 14.2. The van der Waals surface area contributed by atoms with Gasteiger partial charge >= 0.3 is 0 Å². The van der Waals surface area contributed by atoms with Gasteiger partial charge in [-0.1, -0.05) is 36.4 Å². The fraction of sp³-hybridized carbons (Fsp3) is 0.333. The molecule has 0 spiro atoms. The first-order chi connectivity index (χ1) is 12.7. The van der Waals surface area contributed by atoms with Crippen LogP contribution in [0.2, 0.25) is 0 Å². The molecule has 0 aromatic heterocycles. The minimum atomic E-state index is 1.10. The number of rotatable bonds is 0. The zero-order chi connectivity index (χ0) is 19.9. The molecule has 0 aliphatic heterocycles. The van der Waals surface area contributed by atoms with Gasteiger partial charge in [0, 0.05) is 0 Å². The van der Waals surface area contributed by atoms with E-state index in [2.05, 4.69) is 91.8 Å². The van der Waals surface area contributed by atoms with Gasteiger partial charge in [-0.25, -0.2) is 0 Å². The molecular weight excluding hydrogens is 324 g/mol. The monoisotopic (exact) mass is 356 g/mol. The van der Waals surface area contributed by atoms with Crippen molar-refractivity contribution in [2.45, 2.75) is 61.8 Å². The average molecular weight is 357 g/mol. The Morgan fingerprint density at radius 3 is 0.963 bits per heavy atom. The van der Waals surface area contributed by atoms with Gasteiger partial charge in [-0.2, -0.15) is 0 Å². The summed E-state index contributed by atoms with van der Waals surface area (Å²) >= 11 is 0. The molecule has 140 valence electrons. The molecule has 0 nitrogen and oxygen atoms in total. The van der Waals surface area contributed by atoms with Gasteiger partial charge in [-0.3, -0.25) is 0 Å². The number of hydrogen-bond donors (Lipinski definition) is 0. The molecule has 3 aromatic carbocycles. The molecule has 0 saturated carbocycles. The number of hydrogen-bond acceptors (Lipinski definition) is 0. The smallest absolute Gasteiger partial charge is 0.00132 e. The Balaban J connectivity index is 0.000000180. The van der Waals surface area contributed by atoms with E-state index in [9.17, 15) is 0 Å². The van der Waals surface area contributed by atoms with Crippen molar-refractivity contribution in [3.8, 4) is 11.1 Å². The summed E-state index contributed by atoms with van der Waals surface area (Å²) in [6.45, 7) is 17.4. The van der Waals surface area contributed by atoms with Crippen LogP contribution in [0, 0.1) is 55.4 Å². The van der Waals surface area contributed by atoms with Gasteiger partial charge in [0.15, 0.2) is 0 Å². The van der Waals surface area contributed by atoms with E-state index < -0.39 is 0 Å². The third kappa shape index (κ3) is 3.86. The first kappa shape index (κ1) is 19.4. The molecule has 0 heteroatoms. The van der Waals surface area contributed by atoms with Crippen LogP contribution in [0.4, 0.5) is 0 Å². The van der Waals surface area contributed by atoms with E-state index in [-0.39, 0.29) is 0 Å². The van der Waals surface area contributed by atoms with Crippen molar-refractivity contribution in [3.63, 3.8) is 0 Å². The molecule has 0 amide bonds. The fourth-order valence-electron chi connectivity index (χ4n) is 3.86. The molecule has 1 aliphatic carbocycles. The average Bonchev–Trinajstić information content (AvgIpc) is 2.91. The number of benzene rings is 3. The predicted molar refractivity (Wildman–Crippen MR) is 119 cm³/mol. The molecule has 3 aromatic rings. The third-order valence-electron chi connectivity index (χ3n) is 6.22. The van der Waals surface area contributed by atoms with Crippen molar-refractivity contribution in [3.05, 3.63) is 92.0 Å². The lowest BCUT2D eigenvalue weighted by Gasteiger charge is -2.07. The number of aryl methyl sites for hydroxylation is 8. The standard InChI is InChI=1S/C17H18.C10H14/c1-10-5-14-9-15-6-11(2)13(4)8-17(15)16(14)7-12(10)3;1-7-5-9(3)10(4)6-8(7)2/h5-8H,9H2,1-4H3;5-6H,1-4H3. The van der Waals surface area contributed by atoms with Crippen LogP contribution in [0.3, 0.4) is 0 Å². The zero-order valence-electron chi connectivity index (χ0n) is 18.2. The summed E-state index contributed by atoms with van der Waals surface area (Å²) in [5.74, 6) is 0. The molecule has 0 unspecified atom stereocenters. The largest absolute Gasteiger partial charge is 0.0559 e. The SMILES string of the molecule is Cc1cc(C)c(C)cc1C.Cc1cc2c(cc1C)-c1cc(C)c(C)cc1C2. The van der Waals surface area contributed by atoms with Crippen LogP contribution in [-0.4, -0.2) is 0 Å². The third-order valence-corrected chi connectivity index (χ3v) is 6.22. The molecule has 0 saturated heterocycles. The second kappa shape index (κ2) is 7.35. The van der Waals surface area contributed by atoms with Gasteiger partial charge in [-0.05, 0) is 129 Å². The van der Waals surface area contributed by atoms with E-state index in [1.54, 1.807) is 0 Å². The Kier molecular flexibility index (Phi) is 5.29. The van der Waals surface area contributed by atoms with E-state index in [0.717, 1.165) is 6.42 Å². The highest BCUT2D eigenvalue weighted by Gasteiger charge is 2.19. The maximum atomic E-state index is 2.36. The quantitative estimate of drug-likeness (QED) is 0.308.